The predicted molar refractivity (Wildman–Crippen MR) is 162 cm³/mol. The number of pyridine rings is 1. The molecule has 5 aromatic rings. The fraction of sp³-hybridized carbons (Fsp3) is 0.250. The highest BCUT2D eigenvalue weighted by molar-refractivity contribution is 7.22. The van der Waals surface area contributed by atoms with Crippen molar-refractivity contribution in [3.05, 3.63) is 89.4 Å². The summed E-state index contributed by atoms with van der Waals surface area (Å²) in [4.78, 5) is 38.2. The molecule has 1 aliphatic heterocycles. The molecule has 1 aliphatic rings. The molecule has 214 valence electrons. The molecule has 1 fully saturated rings. The van der Waals surface area contributed by atoms with Gasteiger partial charge in [-0.05, 0) is 67.3 Å². The van der Waals surface area contributed by atoms with Gasteiger partial charge in [-0.25, -0.2) is 9.97 Å². The van der Waals surface area contributed by atoms with Crippen LogP contribution in [0.4, 0.5) is 5.13 Å². The number of aliphatic hydroxyl groups excluding tert-OH is 1. The van der Waals surface area contributed by atoms with Crippen LogP contribution in [0.2, 0.25) is 0 Å². The fourth-order valence-electron chi connectivity index (χ4n) is 5.18. The van der Waals surface area contributed by atoms with Crippen LogP contribution in [0, 0.1) is 12.8 Å². The average molecular weight is 583 g/mol. The zero-order chi connectivity index (χ0) is 29.5. The maximum absolute atomic E-state index is 13.8. The molecule has 0 saturated carbocycles. The van der Waals surface area contributed by atoms with Crippen LogP contribution in [-0.4, -0.2) is 44.9 Å². The number of carbonyl (C=O) groups excluding carboxylic acids is 2. The van der Waals surface area contributed by atoms with E-state index in [0.717, 1.165) is 11.1 Å². The summed E-state index contributed by atoms with van der Waals surface area (Å²) in [7, 11) is 1.58. The zero-order valence-corrected chi connectivity index (χ0v) is 24.5. The predicted octanol–water partition coefficient (Wildman–Crippen LogP) is 6.31. The second-order valence-corrected chi connectivity index (χ2v) is 11.6. The number of aryl methyl sites for hydroxylation is 1. The number of methoxy groups -OCH3 is 1. The van der Waals surface area contributed by atoms with Crippen LogP contribution < -0.4 is 14.4 Å². The molecule has 0 aliphatic carbocycles. The summed E-state index contributed by atoms with van der Waals surface area (Å²) in [5.74, 6) is -0.127. The number of ether oxygens (including phenoxy) is 2. The lowest BCUT2D eigenvalue weighted by Crippen LogP contribution is -2.29. The Kier molecular flexibility index (Phi) is 7.16. The highest BCUT2D eigenvalue weighted by Gasteiger charge is 2.48. The molecular formula is C32H30N4O5S. The molecule has 1 unspecified atom stereocenters. The van der Waals surface area contributed by atoms with Crippen molar-refractivity contribution in [2.45, 2.75) is 33.2 Å². The number of Topliss-reactive ketones (excluding diaryl/α,β-unsaturated/α-hetero) is 1. The van der Waals surface area contributed by atoms with Gasteiger partial charge in [-0.3, -0.25) is 18.9 Å². The number of ketones is 1. The standard InChI is InChI=1S/C32H30N4O5S/c1-18(2)13-15-41-22-9-7-8-20(16-22)28-26(29(37)27-19(3)33-25-10-5-6-14-35(25)27)30(38)31(39)36(28)32-34-23-12-11-21(40-4)17-24(23)42-32/h5-12,14,16-18,28,37H,13,15H2,1-4H3. The monoisotopic (exact) mass is 582 g/mol. The molecule has 6 rings (SSSR count). The number of nitrogens with zero attached hydrogens (tertiary/aromatic N) is 4. The van der Waals surface area contributed by atoms with Crippen molar-refractivity contribution in [3.63, 3.8) is 0 Å². The van der Waals surface area contributed by atoms with Crippen molar-refractivity contribution >= 4 is 49.8 Å². The van der Waals surface area contributed by atoms with E-state index in [1.54, 1.807) is 30.7 Å². The van der Waals surface area contributed by atoms with Crippen molar-refractivity contribution < 1.29 is 24.2 Å². The van der Waals surface area contributed by atoms with Gasteiger partial charge in [0.1, 0.15) is 22.8 Å². The van der Waals surface area contributed by atoms with Gasteiger partial charge in [0.2, 0.25) is 0 Å². The minimum absolute atomic E-state index is 0.0371. The van der Waals surface area contributed by atoms with Crippen LogP contribution in [0.25, 0.3) is 21.6 Å². The Morgan fingerprint density at radius 3 is 2.67 bits per heavy atom. The van der Waals surface area contributed by atoms with Gasteiger partial charge in [0.25, 0.3) is 5.78 Å². The lowest BCUT2D eigenvalue weighted by molar-refractivity contribution is -0.132. The van der Waals surface area contributed by atoms with E-state index in [9.17, 15) is 14.7 Å². The fourth-order valence-corrected chi connectivity index (χ4v) is 6.20. The van der Waals surface area contributed by atoms with Gasteiger partial charge in [0.15, 0.2) is 10.9 Å². The molecule has 1 saturated heterocycles. The second kappa shape index (κ2) is 10.9. The molecule has 0 spiro atoms. The minimum Gasteiger partial charge on any atom is -0.505 e. The summed E-state index contributed by atoms with van der Waals surface area (Å²) in [6.07, 6.45) is 2.64. The van der Waals surface area contributed by atoms with Gasteiger partial charge < -0.3 is 14.6 Å². The SMILES string of the molecule is COc1ccc2nc(N3C(=O)C(=O)C(=C(O)c4c(C)nc5ccccn45)C3c3cccc(OCCC(C)C)c3)sc2c1. The Labute approximate surface area is 246 Å². The number of aromatic nitrogens is 3. The quantitative estimate of drug-likeness (QED) is 0.130. The molecular weight excluding hydrogens is 552 g/mol. The normalized spacial score (nSPS) is 16.7. The molecule has 1 amide bonds. The minimum atomic E-state index is -0.949. The number of hydrogen-bond acceptors (Lipinski definition) is 8. The van der Waals surface area contributed by atoms with Crippen LogP contribution in [0.5, 0.6) is 11.5 Å². The molecule has 0 radical (unpaired) electrons. The zero-order valence-electron chi connectivity index (χ0n) is 23.7. The Hall–Kier alpha value is -4.70. The first-order valence-corrected chi connectivity index (χ1v) is 14.5. The number of anilines is 1. The molecule has 2 aromatic carbocycles. The summed E-state index contributed by atoms with van der Waals surface area (Å²) in [5, 5.41) is 12.1. The van der Waals surface area contributed by atoms with E-state index in [-0.39, 0.29) is 11.3 Å². The molecule has 4 heterocycles. The number of aliphatic hydroxyl groups is 1. The Morgan fingerprint density at radius 1 is 1.05 bits per heavy atom. The number of amides is 1. The van der Waals surface area contributed by atoms with Crippen LogP contribution in [0.1, 0.15) is 43.3 Å². The van der Waals surface area contributed by atoms with Crippen LogP contribution in [0.3, 0.4) is 0 Å². The summed E-state index contributed by atoms with van der Waals surface area (Å²) >= 11 is 1.28. The van der Waals surface area contributed by atoms with Crippen LogP contribution >= 0.6 is 11.3 Å². The van der Waals surface area contributed by atoms with E-state index in [1.165, 1.54) is 16.2 Å². The van der Waals surface area contributed by atoms with Crippen molar-refractivity contribution in [3.8, 4) is 11.5 Å². The highest BCUT2D eigenvalue weighted by atomic mass is 32.1. The summed E-state index contributed by atoms with van der Waals surface area (Å²) in [5.41, 5.74) is 2.74. The number of thiazole rings is 1. The summed E-state index contributed by atoms with van der Waals surface area (Å²) < 4.78 is 13.9. The molecule has 3 aromatic heterocycles. The largest absolute Gasteiger partial charge is 0.505 e. The van der Waals surface area contributed by atoms with Gasteiger partial charge >= 0.3 is 5.91 Å². The van der Waals surface area contributed by atoms with Crippen LogP contribution in [0.15, 0.2) is 72.4 Å². The Balaban J connectivity index is 1.54. The van der Waals surface area contributed by atoms with Gasteiger partial charge in [0, 0.05) is 6.20 Å². The maximum atomic E-state index is 13.8. The second-order valence-electron chi connectivity index (χ2n) is 10.6. The number of imidazole rings is 1. The van der Waals surface area contributed by atoms with E-state index in [4.69, 9.17) is 14.5 Å². The molecule has 1 N–H and O–H groups in total. The van der Waals surface area contributed by atoms with Crippen molar-refractivity contribution in [2.75, 3.05) is 18.6 Å². The third kappa shape index (κ3) is 4.77. The van der Waals surface area contributed by atoms with E-state index in [1.807, 2.05) is 54.6 Å². The third-order valence-electron chi connectivity index (χ3n) is 7.30. The lowest BCUT2D eigenvalue weighted by Gasteiger charge is -2.23. The van der Waals surface area contributed by atoms with E-state index < -0.39 is 17.7 Å². The smallest absolute Gasteiger partial charge is 0.301 e. The summed E-state index contributed by atoms with van der Waals surface area (Å²) in [6.45, 7) is 6.55. The number of rotatable bonds is 8. The molecule has 10 heteroatoms. The number of hydrogen-bond donors (Lipinski definition) is 1. The molecule has 1 atom stereocenters. The maximum Gasteiger partial charge on any atom is 0.301 e. The van der Waals surface area contributed by atoms with Gasteiger partial charge in [0.05, 0.1) is 41.2 Å². The first-order chi connectivity index (χ1) is 20.3. The van der Waals surface area contributed by atoms with Crippen LogP contribution in [-0.2, 0) is 9.59 Å². The van der Waals surface area contributed by atoms with E-state index in [0.29, 0.717) is 57.3 Å². The summed E-state index contributed by atoms with van der Waals surface area (Å²) in [6, 6.07) is 17.3. The van der Waals surface area contributed by atoms with E-state index >= 15 is 0 Å². The van der Waals surface area contributed by atoms with Crippen molar-refractivity contribution in [1.29, 1.82) is 0 Å². The number of fused-ring (bicyclic) bond motifs is 2. The molecule has 9 nitrogen and oxygen atoms in total. The third-order valence-corrected chi connectivity index (χ3v) is 8.32. The van der Waals surface area contributed by atoms with Gasteiger partial charge in [-0.2, -0.15) is 0 Å². The van der Waals surface area contributed by atoms with Gasteiger partial charge in [-0.15, -0.1) is 0 Å². The highest BCUT2D eigenvalue weighted by Crippen LogP contribution is 2.45. The lowest BCUT2D eigenvalue weighted by atomic mass is 9.96. The van der Waals surface area contributed by atoms with Crippen molar-refractivity contribution in [1.82, 2.24) is 14.4 Å². The molecule has 42 heavy (non-hydrogen) atoms. The van der Waals surface area contributed by atoms with Crippen molar-refractivity contribution in [2.24, 2.45) is 5.92 Å². The average Bonchev–Trinajstić information content (AvgIpc) is 3.63. The topological polar surface area (TPSA) is 106 Å². The van der Waals surface area contributed by atoms with E-state index in [2.05, 4.69) is 18.8 Å². The number of carbonyl (C=O) groups is 2. The van der Waals surface area contributed by atoms with Gasteiger partial charge in [-0.1, -0.05) is 43.4 Å². The number of benzene rings is 2. The Bertz CT molecular complexity index is 1870. The first-order valence-electron chi connectivity index (χ1n) is 13.7. The molecule has 0 bridgehead atoms. The Morgan fingerprint density at radius 2 is 1.88 bits per heavy atom. The first kappa shape index (κ1) is 27.5.